The molecule has 0 unspecified atom stereocenters. The predicted octanol–water partition coefficient (Wildman–Crippen LogP) is 5.60. The van der Waals surface area contributed by atoms with Gasteiger partial charge in [-0.3, -0.25) is 9.56 Å². The average molecular weight is 364 g/mol. The Hall–Kier alpha value is -2.50. The van der Waals surface area contributed by atoms with Gasteiger partial charge in [0.05, 0.1) is 17.1 Å². The van der Waals surface area contributed by atoms with E-state index >= 15 is 0 Å². The van der Waals surface area contributed by atoms with Gasteiger partial charge >= 0.3 is 0 Å². The van der Waals surface area contributed by atoms with Crippen LogP contribution in [0, 0.1) is 10.9 Å². The van der Waals surface area contributed by atoms with E-state index in [9.17, 15) is 5.11 Å². The first-order valence-corrected chi connectivity index (χ1v) is 9.17. The first kappa shape index (κ1) is 16.0. The molecule has 5 heteroatoms. The van der Waals surface area contributed by atoms with E-state index in [0.29, 0.717) is 10.5 Å². The lowest BCUT2D eigenvalue weighted by Gasteiger charge is -2.05. The Bertz CT molecular complexity index is 1060. The predicted molar refractivity (Wildman–Crippen MR) is 108 cm³/mol. The Morgan fingerprint density at radius 1 is 1.20 bits per heavy atom. The van der Waals surface area contributed by atoms with Gasteiger partial charge in [0.15, 0.2) is 3.95 Å². The number of thiazole rings is 1. The number of allylic oxidation sites excluding steroid dienone is 1. The lowest BCUT2D eigenvalue weighted by molar-refractivity contribution is 0.422. The zero-order valence-electron chi connectivity index (χ0n) is 13.6. The molecule has 1 aliphatic rings. The average Bonchev–Trinajstić information content (AvgIpc) is 3.12. The van der Waals surface area contributed by atoms with Crippen molar-refractivity contribution < 1.29 is 5.11 Å². The Labute approximate surface area is 155 Å². The molecule has 25 heavy (non-hydrogen) atoms. The maximum Gasteiger partial charge on any atom is 0.210 e. The molecule has 1 aromatic heterocycles. The van der Waals surface area contributed by atoms with Crippen molar-refractivity contribution in [3.63, 3.8) is 0 Å². The second-order valence-electron chi connectivity index (χ2n) is 6.01. The van der Waals surface area contributed by atoms with Gasteiger partial charge in [0.1, 0.15) is 0 Å². The zero-order chi connectivity index (χ0) is 17.4. The first-order chi connectivity index (χ1) is 12.1. The van der Waals surface area contributed by atoms with Crippen molar-refractivity contribution in [2.75, 3.05) is 0 Å². The second-order valence-corrected chi connectivity index (χ2v) is 7.68. The summed E-state index contributed by atoms with van der Waals surface area (Å²) >= 11 is 6.87. The van der Waals surface area contributed by atoms with Crippen LogP contribution in [-0.4, -0.2) is 15.9 Å². The number of fused-ring (bicyclic) bond motifs is 1. The quantitative estimate of drug-likeness (QED) is 0.614. The molecule has 0 saturated heterocycles. The SMILES string of the molecule is Cc1ccc2c(c1)/C(=C\c1sc(=S)n(Cc3ccccc3)c1O)C=N2. The summed E-state index contributed by atoms with van der Waals surface area (Å²) in [6.07, 6.45) is 3.81. The second kappa shape index (κ2) is 6.43. The summed E-state index contributed by atoms with van der Waals surface area (Å²) in [6, 6.07) is 16.2. The molecule has 3 nitrogen and oxygen atoms in total. The minimum absolute atomic E-state index is 0.209. The van der Waals surface area contributed by atoms with Gasteiger partial charge in [-0.05, 0) is 42.9 Å². The largest absolute Gasteiger partial charge is 0.493 e. The molecule has 124 valence electrons. The molecule has 0 atom stereocenters. The van der Waals surface area contributed by atoms with Crippen LogP contribution in [0.4, 0.5) is 5.69 Å². The third-order valence-electron chi connectivity index (χ3n) is 4.17. The number of hydrogen-bond acceptors (Lipinski definition) is 4. The highest BCUT2D eigenvalue weighted by Gasteiger charge is 2.16. The van der Waals surface area contributed by atoms with Gasteiger partial charge in [0, 0.05) is 17.4 Å². The lowest BCUT2D eigenvalue weighted by atomic mass is 10.0. The Morgan fingerprint density at radius 2 is 2.00 bits per heavy atom. The number of rotatable bonds is 3. The highest BCUT2D eigenvalue weighted by Crippen LogP contribution is 2.36. The Balaban J connectivity index is 1.72. The number of aliphatic imine (C=N–C) groups is 1. The molecule has 0 amide bonds. The van der Waals surface area contributed by atoms with Crippen molar-refractivity contribution in [1.29, 1.82) is 0 Å². The summed E-state index contributed by atoms with van der Waals surface area (Å²) in [6.45, 7) is 2.63. The van der Waals surface area contributed by atoms with Crippen molar-refractivity contribution in [3.05, 3.63) is 74.1 Å². The van der Waals surface area contributed by atoms with Crippen molar-refractivity contribution in [3.8, 4) is 5.88 Å². The zero-order valence-corrected chi connectivity index (χ0v) is 15.3. The molecule has 4 rings (SSSR count). The van der Waals surface area contributed by atoms with Gasteiger partial charge in [0.2, 0.25) is 5.88 Å². The van der Waals surface area contributed by atoms with E-state index < -0.39 is 0 Å². The normalized spacial score (nSPS) is 14.2. The molecular formula is C20H16N2OS2. The molecule has 2 aromatic carbocycles. The van der Waals surface area contributed by atoms with E-state index in [1.54, 1.807) is 4.57 Å². The van der Waals surface area contributed by atoms with Crippen molar-refractivity contribution in [1.82, 2.24) is 4.57 Å². The maximum atomic E-state index is 10.7. The van der Waals surface area contributed by atoms with Crippen LogP contribution < -0.4 is 0 Å². The van der Waals surface area contributed by atoms with Crippen LogP contribution in [0.15, 0.2) is 53.5 Å². The van der Waals surface area contributed by atoms with Crippen LogP contribution in [-0.2, 0) is 6.54 Å². The summed E-state index contributed by atoms with van der Waals surface area (Å²) in [5.74, 6) is 0.209. The van der Waals surface area contributed by atoms with E-state index in [4.69, 9.17) is 12.2 Å². The molecule has 1 aliphatic heterocycles. The molecule has 0 aliphatic carbocycles. The minimum Gasteiger partial charge on any atom is -0.493 e. The van der Waals surface area contributed by atoms with E-state index in [1.165, 1.54) is 16.9 Å². The number of aromatic nitrogens is 1. The fraction of sp³-hybridized carbons (Fsp3) is 0.100. The summed E-state index contributed by atoms with van der Waals surface area (Å²) < 4.78 is 2.43. The fourth-order valence-electron chi connectivity index (χ4n) is 2.87. The van der Waals surface area contributed by atoms with Crippen LogP contribution in [0.25, 0.3) is 11.6 Å². The lowest BCUT2D eigenvalue weighted by Crippen LogP contribution is -1.98. The summed E-state index contributed by atoms with van der Waals surface area (Å²) in [5.41, 5.74) is 5.34. The molecule has 0 bridgehead atoms. The highest BCUT2D eigenvalue weighted by atomic mass is 32.1. The van der Waals surface area contributed by atoms with Gasteiger partial charge in [-0.1, -0.05) is 42.0 Å². The molecule has 2 heterocycles. The fourth-order valence-corrected chi connectivity index (χ4v) is 4.13. The number of nitrogens with zero attached hydrogens (tertiary/aromatic N) is 2. The molecule has 0 radical (unpaired) electrons. The van der Waals surface area contributed by atoms with Crippen LogP contribution in [0.5, 0.6) is 5.88 Å². The van der Waals surface area contributed by atoms with Crippen LogP contribution >= 0.6 is 23.6 Å². The first-order valence-electron chi connectivity index (χ1n) is 7.95. The topological polar surface area (TPSA) is 37.5 Å². The van der Waals surface area contributed by atoms with E-state index in [1.807, 2.05) is 48.7 Å². The van der Waals surface area contributed by atoms with Crippen molar-refractivity contribution in [2.45, 2.75) is 13.5 Å². The van der Waals surface area contributed by atoms with Gasteiger partial charge in [-0.15, -0.1) is 11.3 Å². The summed E-state index contributed by atoms with van der Waals surface area (Å²) in [5, 5.41) is 10.7. The van der Waals surface area contributed by atoms with Crippen LogP contribution in [0.2, 0.25) is 0 Å². The number of hydrogen-bond donors (Lipinski definition) is 1. The van der Waals surface area contributed by atoms with E-state index in [0.717, 1.165) is 27.3 Å². The number of aryl methyl sites for hydroxylation is 1. The molecule has 0 fully saturated rings. The molecule has 1 N–H and O–H groups in total. The van der Waals surface area contributed by atoms with Crippen LogP contribution in [0.3, 0.4) is 0 Å². The monoisotopic (exact) mass is 364 g/mol. The molecule has 3 aromatic rings. The van der Waals surface area contributed by atoms with Gasteiger partial charge < -0.3 is 5.11 Å². The van der Waals surface area contributed by atoms with Gasteiger partial charge in [0.25, 0.3) is 0 Å². The Kier molecular flexibility index (Phi) is 4.11. The maximum absolute atomic E-state index is 10.7. The van der Waals surface area contributed by atoms with Gasteiger partial charge in [-0.2, -0.15) is 0 Å². The third-order valence-corrected chi connectivity index (χ3v) is 5.56. The molecule has 0 spiro atoms. The van der Waals surface area contributed by atoms with Crippen molar-refractivity contribution >= 4 is 47.1 Å². The van der Waals surface area contributed by atoms with Crippen LogP contribution in [0.1, 0.15) is 21.6 Å². The van der Waals surface area contributed by atoms with Crippen molar-refractivity contribution in [2.24, 2.45) is 4.99 Å². The molecular weight excluding hydrogens is 348 g/mol. The number of benzene rings is 2. The third kappa shape index (κ3) is 3.08. The minimum atomic E-state index is 0.209. The molecule has 0 saturated carbocycles. The summed E-state index contributed by atoms with van der Waals surface area (Å²) in [4.78, 5) is 5.20. The number of aromatic hydroxyl groups is 1. The van der Waals surface area contributed by atoms with E-state index in [2.05, 4.69) is 24.0 Å². The highest BCUT2D eigenvalue weighted by molar-refractivity contribution is 7.73. The smallest absolute Gasteiger partial charge is 0.210 e. The summed E-state index contributed by atoms with van der Waals surface area (Å²) in [7, 11) is 0. The van der Waals surface area contributed by atoms with E-state index in [-0.39, 0.29) is 5.88 Å². The van der Waals surface area contributed by atoms with Gasteiger partial charge in [-0.25, -0.2) is 0 Å². The Morgan fingerprint density at radius 3 is 2.80 bits per heavy atom. The standard InChI is InChI=1S/C20H16N2OS2/c1-13-7-8-17-16(9-13)15(11-21-17)10-18-19(23)22(20(24)25-18)12-14-5-3-2-4-6-14/h2-11,23H,12H2,1H3/b15-10-.